The Morgan fingerprint density at radius 3 is 2.45 bits per heavy atom. The molecule has 1 heterocycles. The van der Waals surface area contributed by atoms with Gasteiger partial charge in [-0.15, -0.1) is 0 Å². The first-order valence-electron chi connectivity index (χ1n) is 7.53. The third-order valence-electron chi connectivity index (χ3n) is 4.54. The monoisotopic (exact) mass is 300 g/mol. The molecule has 0 aromatic heterocycles. The number of likely N-dealkylation sites (tertiary alicyclic amines) is 1. The normalized spacial score (nSPS) is 18.9. The van der Waals surface area contributed by atoms with Crippen molar-refractivity contribution in [1.82, 2.24) is 10.2 Å². The van der Waals surface area contributed by atoms with E-state index >= 15 is 0 Å². The van der Waals surface area contributed by atoms with Gasteiger partial charge in [0.25, 0.3) is 0 Å². The van der Waals surface area contributed by atoms with Gasteiger partial charge >= 0.3 is 0 Å². The predicted molar refractivity (Wildman–Crippen MR) is 84.8 cm³/mol. The second-order valence-electron chi connectivity index (χ2n) is 5.75. The number of amides is 2. The van der Waals surface area contributed by atoms with Crippen LogP contribution in [0.5, 0.6) is 0 Å². The molecule has 1 N–H and O–H groups in total. The van der Waals surface area contributed by atoms with E-state index in [0.717, 1.165) is 38.1 Å². The van der Waals surface area contributed by atoms with Gasteiger partial charge in [-0.3, -0.25) is 9.59 Å². The summed E-state index contributed by atoms with van der Waals surface area (Å²) in [6.07, 6.45) is 6.04. The molecule has 1 fully saturated rings. The Morgan fingerprint density at radius 1 is 1.35 bits per heavy atom. The zero-order valence-corrected chi connectivity index (χ0v) is 14.0. The summed E-state index contributed by atoms with van der Waals surface area (Å²) in [5.41, 5.74) is 0.288. The van der Waals surface area contributed by atoms with Crippen molar-refractivity contribution >= 4 is 23.6 Å². The Bertz CT molecular complexity index is 343. The maximum atomic E-state index is 12.6. The summed E-state index contributed by atoms with van der Waals surface area (Å²) in [5.74, 6) is 0.857. The molecule has 1 aliphatic heterocycles. The Balaban J connectivity index is 2.67. The zero-order chi connectivity index (χ0) is 15.2. The highest BCUT2D eigenvalue weighted by molar-refractivity contribution is 7.98. The average molecular weight is 300 g/mol. The summed E-state index contributed by atoms with van der Waals surface area (Å²) in [6.45, 7) is 7.56. The second-order valence-corrected chi connectivity index (χ2v) is 6.74. The van der Waals surface area contributed by atoms with E-state index in [2.05, 4.69) is 19.2 Å². The van der Waals surface area contributed by atoms with E-state index in [1.165, 1.54) is 6.92 Å². The quantitative estimate of drug-likeness (QED) is 0.785. The van der Waals surface area contributed by atoms with E-state index in [4.69, 9.17) is 0 Å². The first-order chi connectivity index (χ1) is 9.48. The largest absolute Gasteiger partial charge is 0.345 e. The van der Waals surface area contributed by atoms with Gasteiger partial charge in [0.05, 0.1) is 0 Å². The van der Waals surface area contributed by atoms with Crippen LogP contribution in [0.4, 0.5) is 0 Å². The van der Waals surface area contributed by atoms with Gasteiger partial charge < -0.3 is 10.2 Å². The fourth-order valence-corrected chi connectivity index (χ4v) is 3.38. The van der Waals surface area contributed by atoms with Crippen LogP contribution in [-0.2, 0) is 9.59 Å². The fourth-order valence-electron chi connectivity index (χ4n) is 2.91. The molecule has 1 rings (SSSR count). The molecule has 0 unspecified atom stereocenters. The molecule has 0 saturated carbocycles. The average Bonchev–Trinajstić information content (AvgIpc) is 2.87. The number of hydrogen-bond acceptors (Lipinski definition) is 3. The lowest BCUT2D eigenvalue weighted by molar-refractivity contribution is -0.135. The van der Waals surface area contributed by atoms with Crippen LogP contribution in [0, 0.1) is 5.41 Å². The van der Waals surface area contributed by atoms with Crippen LogP contribution in [0.1, 0.15) is 46.5 Å². The Morgan fingerprint density at radius 2 is 2.00 bits per heavy atom. The second kappa shape index (κ2) is 7.91. The van der Waals surface area contributed by atoms with Crippen molar-refractivity contribution in [2.75, 3.05) is 25.1 Å². The van der Waals surface area contributed by atoms with Crippen molar-refractivity contribution in [3.8, 4) is 0 Å². The number of hydrogen-bond donors (Lipinski definition) is 1. The molecule has 0 aromatic carbocycles. The van der Waals surface area contributed by atoms with E-state index in [-0.39, 0.29) is 23.3 Å². The number of thioether (sulfide) groups is 1. The number of carbonyl (C=O) groups is 2. The molecule has 0 spiro atoms. The van der Waals surface area contributed by atoms with Crippen molar-refractivity contribution in [3.63, 3.8) is 0 Å². The van der Waals surface area contributed by atoms with Crippen molar-refractivity contribution in [1.29, 1.82) is 0 Å². The standard InChI is InChI=1S/C15H28N2O2S/c1-5-15(6-2)8-9-17(11-15)14(19)13(7-10-20-4)16-12(3)18/h13H,5-11H2,1-4H3,(H,16,18)/t13-/m0/s1. The van der Waals surface area contributed by atoms with Crippen LogP contribution >= 0.6 is 11.8 Å². The van der Waals surface area contributed by atoms with E-state index in [1.807, 2.05) is 11.2 Å². The molecule has 116 valence electrons. The SMILES string of the molecule is CCC1(CC)CCN(C(=O)[C@H](CCSC)NC(C)=O)C1. The van der Waals surface area contributed by atoms with Crippen LogP contribution in [0.2, 0.25) is 0 Å². The predicted octanol–water partition coefficient (Wildman–Crippen LogP) is 2.28. The lowest BCUT2D eigenvalue weighted by Gasteiger charge is -2.28. The minimum absolute atomic E-state index is 0.0954. The molecule has 20 heavy (non-hydrogen) atoms. The van der Waals surface area contributed by atoms with Crippen LogP contribution in [-0.4, -0.2) is 47.9 Å². The highest BCUT2D eigenvalue weighted by Crippen LogP contribution is 2.37. The topological polar surface area (TPSA) is 49.4 Å². The van der Waals surface area contributed by atoms with E-state index in [1.54, 1.807) is 11.8 Å². The highest BCUT2D eigenvalue weighted by Gasteiger charge is 2.38. The molecular weight excluding hydrogens is 272 g/mol. The van der Waals surface area contributed by atoms with Gasteiger partial charge in [-0.25, -0.2) is 0 Å². The smallest absolute Gasteiger partial charge is 0.245 e. The van der Waals surface area contributed by atoms with Gasteiger partial charge in [0.2, 0.25) is 11.8 Å². The van der Waals surface area contributed by atoms with E-state index < -0.39 is 0 Å². The summed E-state index contributed by atoms with van der Waals surface area (Å²) >= 11 is 1.70. The lowest BCUT2D eigenvalue weighted by Crippen LogP contribution is -2.48. The molecule has 4 nitrogen and oxygen atoms in total. The molecule has 0 aromatic rings. The Hall–Kier alpha value is -0.710. The molecule has 0 radical (unpaired) electrons. The van der Waals surface area contributed by atoms with E-state index in [0.29, 0.717) is 6.42 Å². The maximum Gasteiger partial charge on any atom is 0.245 e. The molecule has 2 amide bonds. The summed E-state index contributed by atoms with van der Waals surface area (Å²) < 4.78 is 0. The third-order valence-corrected chi connectivity index (χ3v) is 5.18. The molecular formula is C15H28N2O2S. The molecule has 5 heteroatoms. The Labute approximate surface area is 127 Å². The van der Waals surface area contributed by atoms with Gasteiger partial charge in [0.15, 0.2) is 0 Å². The number of carbonyl (C=O) groups excluding carboxylic acids is 2. The first-order valence-corrected chi connectivity index (χ1v) is 8.92. The van der Waals surface area contributed by atoms with Crippen molar-refractivity contribution < 1.29 is 9.59 Å². The number of nitrogens with zero attached hydrogens (tertiary/aromatic N) is 1. The van der Waals surface area contributed by atoms with Crippen LogP contribution in [0.3, 0.4) is 0 Å². The molecule has 1 aliphatic rings. The maximum absolute atomic E-state index is 12.6. The van der Waals surface area contributed by atoms with Crippen molar-refractivity contribution in [2.24, 2.45) is 5.41 Å². The molecule has 1 saturated heterocycles. The highest BCUT2D eigenvalue weighted by atomic mass is 32.2. The van der Waals surface area contributed by atoms with Crippen molar-refractivity contribution in [2.45, 2.75) is 52.5 Å². The third kappa shape index (κ3) is 4.40. The summed E-state index contributed by atoms with van der Waals surface area (Å²) in [6, 6.07) is -0.357. The van der Waals surface area contributed by atoms with Gasteiger partial charge in [-0.2, -0.15) is 11.8 Å². The minimum Gasteiger partial charge on any atom is -0.345 e. The van der Waals surface area contributed by atoms with Crippen molar-refractivity contribution in [3.05, 3.63) is 0 Å². The van der Waals surface area contributed by atoms with Gasteiger partial charge in [0, 0.05) is 20.0 Å². The molecule has 0 aliphatic carbocycles. The summed E-state index contributed by atoms with van der Waals surface area (Å²) in [4.78, 5) is 25.8. The van der Waals surface area contributed by atoms with Gasteiger partial charge in [-0.1, -0.05) is 13.8 Å². The van der Waals surface area contributed by atoms with Crippen LogP contribution < -0.4 is 5.32 Å². The van der Waals surface area contributed by atoms with Gasteiger partial charge in [0.1, 0.15) is 6.04 Å². The minimum atomic E-state index is -0.357. The Kier molecular flexibility index (Phi) is 6.86. The van der Waals surface area contributed by atoms with Gasteiger partial charge in [-0.05, 0) is 43.1 Å². The summed E-state index contributed by atoms with van der Waals surface area (Å²) in [5, 5.41) is 2.81. The fraction of sp³-hybridized carbons (Fsp3) is 0.867. The first kappa shape index (κ1) is 17.3. The molecule has 1 atom stereocenters. The lowest BCUT2D eigenvalue weighted by atomic mass is 9.82. The van der Waals surface area contributed by atoms with E-state index in [9.17, 15) is 9.59 Å². The zero-order valence-electron chi connectivity index (χ0n) is 13.2. The number of rotatable bonds is 7. The molecule has 0 bridgehead atoms. The van der Waals surface area contributed by atoms with Crippen LogP contribution in [0.15, 0.2) is 0 Å². The van der Waals surface area contributed by atoms with Crippen LogP contribution in [0.25, 0.3) is 0 Å². The number of nitrogens with one attached hydrogen (secondary N) is 1. The summed E-state index contributed by atoms with van der Waals surface area (Å²) in [7, 11) is 0.